The van der Waals surface area contributed by atoms with Crippen LogP contribution >= 0.6 is 0 Å². The Labute approximate surface area is 72.7 Å². The summed E-state index contributed by atoms with van der Waals surface area (Å²) in [6, 6.07) is 0. The topological polar surface area (TPSA) is 9.23 Å². The van der Waals surface area contributed by atoms with E-state index >= 15 is 0 Å². The van der Waals surface area contributed by atoms with Gasteiger partial charge >= 0.3 is 12.5 Å². The smallest absolute Gasteiger partial charge is 0.429 e. The summed E-state index contributed by atoms with van der Waals surface area (Å²) < 4.78 is 51.7. The maximum absolute atomic E-state index is 12.3. The van der Waals surface area contributed by atoms with Crippen molar-refractivity contribution in [1.82, 2.24) is 0 Å². The lowest BCUT2D eigenvalue weighted by Gasteiger charge is -2.18. The fourth-order valence-electron chi connectivity index (χ4n) is 0.867. The van der Waals surface area contributed by atoms with Gasteiger partial charge in [0.15, 0.2) is 0 Å². The first-order chi connectivity index (χ1) is 6.02. The molecule has 0 atom stereocenters. The minimum Gasteiger partial charge on any atom is -0.429 e. The molecule has 0 saturated heterocycles. The quantitative estimate of drug-likeness (QED) is 0.630. The summed E-state index contributed by atoms with van der Waals surface area (Å²) in [5.41, 5.74) is 0. The molecule has 0 fully saturated rings. The Morgan fingerprint density at radius 3 is 2.46 bits per heavy atom. The molecule has 0 unspecified atom stereocenters. The van der Waals surface area contributed by atoms with Crippen LogP contribution in [-0.4, -0.2) is 12.5 Å². The Morgan fingerprint density at radius 2 is 2.00 bits per heavy atom. The van der Waals surface area contributed by atoms with Gasteiger partial charge in [0, 0.05) is 0 Å². The summed E-state index contributed by atoms with van der Waals surface area (Å²) in [5.74, 6) is -0.198. The van der Waals surface area contributed by atoms with Gasteiger partial charge in [-0.3, -0.25) is 0 Å². The van der Waals surface area contributed by atoms with Gasteiger partial charge in [-0.1, -0.05) is 6.08 Å². The monoisotopic (exact) mass is 196 g/mol. The van der Waals surface area contributed by atoms with E-state index < -0.39 is 12.5 Å². The van der Waals surface area contributed by atoms with E-state index in [4.69, 9.17) is 0 Å². The van der Waals surface area contributed by atoms with Gasteiger partial charge in [0.25, 0.3) is 0 Å². The van der Waals surface area contributed by atoms with Crippen LogP contribution in [0.25, 0.3) is 0 Å². The highest BCUT2D eigenvalue weighted by Crippen LogP contribution is 2.28. The number of allylic oxidation sites excluding steroid dienone is 3. The van der Waals surface area contributed by atoms with Crippen LogP contribution in [0.3, 0.4) is 0 Å². The van der Waals surface area contributed by atoms with E-state index in [1.165, 1.54) is 12.2 Å². The normalized spacial score (nSPS) is 17.5. The van der Waals surface area contributed by atoms with E-state index in [1.54, 1.807) is 6.08 Å². The number of hydrogen-bond donors (Lipinski definition) is 0. The van der Waals surface area contributed by atoms with Crippen LogP contribution in [0, 0.1) is 0 Å². The summed E-state index contributed by atoms with van der Waals surface area (Å²) in [4.78, 5) is 0. The molecular formula is C8H8F4O. The molecule has 0 aromatic carbocycles. The van der Waals surface area contributed by atoms with E-state index in [0.29, 0.717) is 12.8 Å². The maximum atomic E-state index is 12.3. The van der Waals surface area contributed by atoms with Crippen molar-refractivity contribution in [3.63, 3.8) is 0 Å². The van der Waals surface area contributed by atoms with Gasteiger partial charge in [0.1, 0.15) is 5.76 Å². The molecule has 1 rings (SSSR count). The third-order valence-corrected chi connectivity index (χ3v) is 1.47. The van der Waals surface area contributed by atoms with Gasteiger partial charge in [0.05, 0.1) is 0 Å². The fourth-order valence-corrected chi connectivity index (χ4v) is 0.867. The molecular weight excluding hydrogens is 188 g/mol. The molecule has 0 spiro atoms. The van der Waals surface area contributed by atoms with Crippen LogP contribution in [-0.2, 0) is 4.74 Å². The molecule has 0 aliphatic heterocycles. The molecule has 0 bridgehead atoms. The Balaban J connectivity index is 2.57. The lowest BCUT2D eigenvalue weighted by atomic mass is 10.2. The minimum absolute atomic E-state index is 0.198. The number of ether oxygens (including phenoxy) is 1. The van der Waals surface area contributed by atoms with E-state index in [2.05, 4.69) is 4.74 Å². The number of alkyl halides is 4. The van der Waals surface area contributed by atoms with Gasteiger partial charge in [-0.25, -0.2) is 0 Å². The molecule has 0 N–H and O–H groups in total. The largest absolute Gasteiger partial charge is 0.461 e. The van der Waals surface area contributed by atoms with Crippen LogP contribution in [0.2, 0.25) is 0 Å². The van der Waals surface area contributed by atoms with E-state index in [9.17, 15) is 17.6 Å². The third-order valence-electron chi connectivity index (χ3n) is 1.47. The minimum atomic E-state index is -4.40. The summed E-state index contributed by atoms with van der Waals surface area (Å²) in [6.07, 6.45) is -2.73. The zero-order valence-corrected chi connectivity index (χ0v) is 6.64. The molecule has 0 aromatic heterocycles. The summed E-state index contributed by atoms with van der Waals surface area (Å²) in [5, 5.41) is 0. The van der Waals surface area contributed by atoms with Crippen LogP contribution in [0.1, 0.15) is 12.8 Å². The van der Waals surface area contributed by atoms with Crippen molar-refractivity contribution in [3.8, 4) is 0 Å². The van der Waals surface area contributed by atoms with Gasteiger partial charge in [-0.15, -0.1) is 0 Å². The molecule has 13 heavy (non-hydrogen) atoms. The van der Waals surface area contributed by atoms with Crippen molar-refractivity contribution >= 4 is 0 Å². The van der Waals surface area contributed by atoms with Crippen molar-refractivity contribution in [3.05, 3.63) is 24.0 Å². The van der Waals surface area contributed by atoms with Crippen LogP contribution in [0.5, 0.6) is 0 Å². The SMILES string of the molecule is FC(F)C(F)(F)OC1=CCCC=C1. The molecule has 0 heterocycles. The second-order valence-electron chi connectivity index (χ2n) is 2.55. The average molecular weight is 196 g/mol. The summed E-state index contributed by atoms with van der Waals surface area (Å²) in [6.45, 7) is 0. The van der Waals surface area contributed by atoms with Crippen molar-refractivity contribution in [1.29, 1.82) is 0 Å². The predicted molar refractivity (Wildman–Crippen MR) is 38.5 cm³/mol. The highest BCUT2D eigenvalue weighted by molar-refractivity contribution is 5.16. The first-order valence-electron chi connectivity index (χ1n) is 3.74. The molecule has 1 aliphatic rings. The Hall–Kier alpha value is -1.00. The Bertz CT molecular complexity index is 232. The Morgan fingerprint density at radius 1 is 1.31 bits per heavy atom. The van der Waals surface area contributed by atoms with E-state index in [0.717, 1.165) is 0 Å². The Kier molecular flexibility index (Phi) is 2.95. The highest BCUT2D eigenvalue weighted by Gasteiger charge is 2.44. The molecule has 1 nitrogen and oxygen atoms in total. The highest BCUT2D eigenvalue weighted by atomic mass is 19.3. The van der Waals surface area contributed by atoms with Gasteiger partial charge in [-0.2, -0.15) is 17.6 Å². The molecule has 0 amide bonds. The molecule has 0 radical (unpaired) electrons. The van der Waals surface area contributed by atoms with E-state index in [-0.39, 0.29) is 5.76 Å². The molecule has 1 aliphatic carbocycles. The van der Waals surface area contributed by atoms with E-state index in [1.807, 2.05) is 0 Å². The van der Waals surface area contributed by atoms with Crippen molar-refractivity contribution < 1.29 is 22.3 Å². The number of halogens is 4. The van der Waals surface area contributed by atoms with Crippen molar-refractivity contribution in [2.45, 2.75) is 25.4 Å². The average Bonchev–Trinajstić information content (AvgIpc) is 2.05. The lowest BCUT2D eigenvalue weighted by molar-refractivity contribution is -0.280. The fraction of sp³-hybridized carbons (Fsp3) is 0.500. The zero-order valence-electron chi connectivity index (χ0n) is 6.64. The predicted octanol–water partition coefficient (Wildman–Crippen LogP) is 3.09. The lowest BCUT2D eigenvalue weighted by Crippen LogP contribution is -2.29. The van der Waals surface area contributed by atoms with Gasteiger partial charge in [-0.05, 0) is 25.0 Å². The molecule has 0 aromatic rings. The van der Waals surface area contributed by atoms with Crippen LogP contribution in [0.4, 0.5) is 17.6 Å². The van der Waals surface area contributed by atoms with Gasteiger partial charge < -0.3 is 4.74 Å². The summed E-state index contributed by atoms with van der Waals surface area (Å²) >= 11 is 0. The molecule has 74 valence electrons. The van der Waals surface area contributed by atoms with Crippen LogP contribution in [0.15, 0.2) is 24.0 Å². The first kappa shape index (κ1) is 10.1. The van der Waals surface area contributed by atoms with Crippen LogP contribution < -0.4 is 0 Å². The number of hydrogen-bond acceptors (Lipinski definition) is 1. The second-order valence-corrected chi connectivity index (χ2v) is 2.55. The molecule has 5 heteroatoms. The maximum Gasteiger partial charge on any atom is 0.461 e. The number of rotatable bonds is 3. The zero-order chi connectivity index (χ0) is 9.90. The third kappa shape index (κ3) is 2.75. The van der Waals surface area contributed by atoms with Gasteiger partial charge in [0.2, 0.25) is 0 Å². The summed E-state index contributed by atoms with van der Waals surface area (Å²) in [7, 11) is 0. The first-order valence-corrected chi connectivity index (χ1v) is 3.74. The second kappa shape index (κ2) is 3.81. The molecule has 0 saturated carbocycles. The van der Waals surface area contributed by atoms with Crippen molar-refractivity contribution in [2.24, 2.45) is 0 Å². The standard InChI is InChI=1S/C8H8F4O/c9-7(10)8(11,12)13-6-4-2-1-3-5-6/h2,4-5,7H,1,3H2. The van der Waals surface area contributed by atoms with Crippen molar-refractivity contribution in [2.75, 3.05) is 0 Å².